The summed E-state index contributed by atoms with van der Waals surface area (Å²) >= 11 is 0. The number of aromatic hydroxyl groups is 1. The van der Waals surface area contributed by atoms with Crippen molar-refractivity contribution in [3.8, 4) is 11.5 Å². The minimum Gasteiger partial charge on any atom is -0.504 e. The molecule has 0 fully saturated rings. The molecule has 0 bridgehead atoms. The van der Waals surface area contributed by atoms with Crippen molar-refractivity contribution in [1.82, 2.24) is 15.2 Å². The van der Waals surface area contributed by atoms with E-state index in [9.17, 15) is 20.0 Å². The summed E-state index contributed by atoms with van der Waals surface area (Å²) in [6.07, 6.45) is 1.09. The van der Waals surface area contributed by atoms with E-state index >= 15 is 0 Å². The molecule has 0 atom stereocenters. The Bertz CT molecular complexity index is 831. The van der Waals surface area contributed by atoms with Crippen LogP contribution < -0.4 is 15.7 Å². The maximum absolute atomic E-state index is 11.3. The molecule has 0 amide bonds. The second-order valence-electron chi connectivity index (χ2n) is 4.30. The molecule has 1 aromatic carbocycles. The number of hydrazone groups is 1. The third-order valence-corrected chi connectivity index (χ3v) is 2.76. The number of ether oxygens (including phenoxy) is 1. The summed E-state index contributed by atoms with van der Waals surface area (Å²) in [5, 5.41) is 31.7. The van der Waals surface area contributed by atoms with Gasteiger partial charge in [0.25, 0.3) is 11.2 Å². The maximum atomic E-state index is 11.3. The number of H-pyrrole nitrogens is 1. The fourth-order valence-corrected chi connectivity index (χ4v) is 1.61. The zero-order valence-electron chi connectivity index (χ0n) is 12.1. The molecule has 3 N–H and O–H groups in total. The largest absolute Gasteiger partial charge is 0.504 e. The van der Waals surface area contributed by atoms with Crippen molar-refractivity contribution in [2.75, 3.05) is 12.5 Å². The number of hydrogen-bond donors (Lipinski definition) is 3. The maximum Gasteiger partial charge on any atom is 0.282 e. The van der Waals surface area contributed by atoms with Gasteiger partial charge in [-0.2, -0.15) is 5.10 Å². The van der Waals surface area contributed by atoms with Crippen molar-refractivity contribution >= 4 is 17.9 Å². The molecule has 0 saturated heterocycles. The quantitative estimate of drug-likeness (QED) is 0.409. The molecule has 2 rings (SSSR count). The number of nitro benzene ring substituents is 1. The number of aromatic amines is 1. The number of aromatic nitrogens is 3. The van der Waals surface area contributed by atoms with Crippen LogP contribution in [0, 0.1) is 17.0 Å². The molecule has 2 aromatic rings. The Morgan fingerprint density at radius 2 is 2.22 bits per heavy atom. The van der Waals surface area contributed by atoms with Crippen molar-refractivity contribution in [3.05, 3.63) is 43.9 Å². The molecule has 0 radical (unpaired) electrons. The Kier molecular flexibility index (Phi) is 4.50. The number of nitrogens with zero attached hydrogens (tertiary/aromatic N) is 4. The molecular weight excluding hydrogens is 308 g/mol. The Balaban J connectivity index is 2.27. The summed E-state index contributed by atoms with van der Waals surface area (Å²) in [5.74, 6) is -0.337. The topological polar surface area (TPSA) is 156 Å². The predicted molar refractivity (Wildman–Crippen MR) is 79.9 cm³/mol. The molecule has 0 spiro atoms. The van der Waals surface area contributed by atoms with Crippen LogP contribution in [0.25, 0.3) is 0 Å². The number of hydrogen-bond acceptors (Lipinski definition) is 9. The van der Waals surface area contributed by atoms with E-state index < -0.39 is 10.5 Å². The van der Waals surface area contributed by atoms with Crippen LogP contribution in [0.2, 0.25) is 0 Å². The van der Waals surface area contributed by atoms with Crippen LogP contribution in [0.5, 0.6) is 11.5 Å². The summed E-state index contributed by atoms with van der Waals surface area (Å²) in [5.41, 5.74) is 1.85. The smallest absolute Gasteiger partial charge is 0.282 e. The van der Waals surface area contributed by atoms with Gasteiger partial charge in [0.15, 0.2) is 11.5 Å². The van der Waals surface area contributed by atoms with Crippen LogP contribution in [-0.2, 0) is 0 Å². The van der Waals surface area contributed by atoms with Gasteiger partial charge in [-0.25, -0.2) is 5.43 Å². The van der Waals surface area contributed by atoms with Crippen LogP contribution >= 0.6 is 0 Å². The van der Waals surface area contributed by atoms with Crippen molar-refractivity contribution < 1.29 is 14.8 Å². The molecule has 0 saturated carbocycles. The second-order valence-corrected chi connectivity index (χ2v) is 4.30. The van der Waals surface area contributed by atoms with E-state index in [0.29, 0.717) is 0 Å². The average Bonchev–Trinajstić information content (AvgIpc) is 2.50. The number of anilines is 1. The highest BCUT2D eigenvalue weighted by Gasteiger charge is 2.17. The fraction of sp³-hybridized carbons (Fsp3) is 0.167. The number of nitrogens with one attached hydrogen (secondary N) is 2. The van der Waals surface area contributed by atoms with Crippen LogP contribution in [0.1, 0.15) is 11.3 Å². The van der Waals surface area contributed by atoms with Crippen molar-refractivity contribution in [2.45, 2.75) is 6.92 Å². The van der Waals surface area contributed by atoms with Crippen LogP contribution in [0.4, 0.5) is 11.6 Å². The van der Waals surface area contributed by atoms with Crippen LogP contribution in [-0.4, -0.2) is 38.5 Å². The first kappa shape index (κ1) is 15.9. The van der Waals surface area contributed by atoms with Gasteiger partial charge in [0.2, 0.25) is 5.95 Å². The SMILES string of the molecule is COc1cc([N+](=O)[O-])c(/C=N/Nc2nnc(C)c(=O)[nH]2)cc1O. The molecule has 0 aliphatic rings. The third-order valence-electron chi connectivity index (χ3n) is 2.76. The standard InChI is InChI=1S/C12H12N6O5/c1-6-11(20)14-12(17-15-6)16-13-5-7-3-9(19)10(23-2)4-8(7)18(21)22/h3-5,19H,1-2H3,(H2,14,16,17,20)/b13-5+. The van der Waals surface area contributed by atoms with E-state index in [4.69, 9.17) is 4.74 Å². The first-order chi connectivity index (χ1) is 10.9. The zero-order valence-corrected chi connectivity index (χ0v) is 12.1. The number of methoxy groups -OCH3 is 1. The third kappa shape index (κ3) is 3.58. The molecule has 23 heavy (non-hydrogen) atoms. The second kappa shape index (κ2) is 6.51. The van der Waals surface area contributed by atoms with Crippen molar-refractivity contribution in [2.24, 2.45) is 5.10 Å². The molecular formula is C12H12N6O5. The summed E-state index contributed by atoms with van der Waals surface area (Å²) in [7, 11) is 1.28. The summed E-state index contributed by atoms with van der Waals surface area (Å²) in [6.45, 7) is 1.49. The predicted octanol–water partition coefficient (Wildman–Crippen LogP) is 0.542. The van der Waals surface area contributed by atoms with Gasteiger partial charge in [-0.3, -0.25) is 19.9 Å². The highest BCUT2D eigenvalue weighted by atomic mass is 16.6. The van der Waals surface area contributed by atoms with Gasteiger partial charge in [0.05, 0.1) is 29.9 Å². The lowest BCUT2D eigenvalue weighted by Crippen LogP contribution is -2.15. The minimum atomic E-state index is -0.642. The Morgan fingerprint density at radius 1 is 1.48 bits per heavy atom. The van der Waals surface area contributed by atoms with Crippen LogP contribution in [0.15, 0.2) is 22.0 Å². The fourth-order valence-electron chi connectivity index (χ4n) is 1.61. The van der Waals surface area contributed by atoms with E-state index in [2.05, 4.69) is 25.7 Å². The Labute approximate surface area is 128 Å². The van der Waals surface area contributed by atoms with Gasteiger partial charge in [0.1, 0.15) is 5.69 Å². The van der Waals surface area contributed by atoms with Crippen molar-refractivity contribution in [1.29, 1.82) is 0 Å². The molecule has 0 aliphatic carbocycles. The molecule has 0 aliphatic heterocycles. The highest BCUT2D eigenvalue weighted by molar-refractivity contribution is 5.87. The first-order valence-electron chi connectivity index (χ1n) is 6.20. The number of rotatable bonds is 5. The van der Waals surface area contributed by atoms with Gasteiger partial charge in [-0.05, 0) is 13.0 Å². The number of aryl methyl sites for hydroxylation is 1. The lowest BCUT2D eigenvalue weighted by atomic mass is 10.1. The Hall–Kier alpha value is -3.50. The summed E-state index contributed by atoms with van der Waals surface area (Å²) in [4.78, 5) is 24.1. The highest BCUT2D eigenvalue weighted by Crippen LogP contribution is 2.32. The monoisotopic (exact) mass is 320 g/mol. The van der Waals surface area contributed by atoms with E-state index in [1.54, 1.807) is 0 Å². The van der Waals surface area contributed by atoms with E-state index in [-0.39, 0.29) is 34.4 Å². The molecule has 11 heteroatoms. The van der Waals surface area contributed by atoms with E-state index in [1.165, 1.54) is 14.0 Å². The zero-order chi connectivity index (χ0) is 17.0. The van der Waals surface area contributed by atoms with Gasteiger partial charge in [0, 0.05) is 0 Å². The van der Waals surface area contributed by atoms with Gasteiger partial charge < -0.3 is 9.84 Å². The minimum absolute atomic E-state index is 0.0303. The molecule has 1 heterocycles. The van der Waals surface area contributed by atoms with E-state index in [0.717, 1.165) is 18.3 Å². The first-order valence-corrected chi connectivity index (χ1v) is 6.20. The van der Waals surface area contributed by atoms with Gasteiger partial charge in [-0.1, -0.05) is 0 Å². The van der Waals surface area contributed by atoms with Gasteiger partial charge >= 0.3 is 0 Å². The number of phenols is 1. The molecule has 11 nitrogen and oxygen atoms in total. The molecule has 120 valence electrons. The van der Waals surface area contributed by atoms with Gasteiger partial charge in [-0.15, -0.1) is 10.2 Å². The average molecular weight is 320 g/mol. The van der Waals surface area contributed by atoms with Crippen LogP contribution in [0.3, 0.4) is 0 Å². The molecule has 1 aromatic heterocycles. The normalized spacial score (nSPS) is 10.7. The summed E-state index contributed by atoms with van der Waals surface area (Å²) in [6, 6.07) is 2.20. The lowest BCUT2D eigenvalue weighted by Gasteiger charge is -2.05. The number of nitro groups is 1. The Morgan fingerprint density at radius 3 is 2.83 bits per heavy atom. The number of phenolic OH excluding ortho intramolecular Hbond substituents is 1. The summed E-state index contributed by atoms with van der Waals surface area (Å²) < 4.78 is 4.82. The van der Waals surface area contributed by atoms with E-state index in [1.807, 2.05) is 0 Å². The number of benzene rings is 1. The molecule has 0 unspecified atom stereocenters. The van der Waals surface area contributed by atoms with Crippen molar-refractivity contribution in [3.63, 3.8) is 0 Å². The lowest BCUT2D eigenvalue weighted by molar-refractivity contribution is -0.385.